The monoisotopic (exact) mass is 354 g/mol. The van der Waals surface area contributed by atoms with Gasteiger partial charge in [0.15, 0.2) is 0 Å². The maximum absolute atomic E-state index is 11.4. The molecule has 0 amide bonds. The molecule has 0 aromatic heterocycles. The summed E-state index contributed by atoms with van der Waals surface area (Å²) in [6, 6.07) is 0. The van der Waals surface area contributed by atoms with Gasteiger partial charge in [0.05, 0.1) is 6.61 Å². The number of ether oxygens (including phenoxy) is 2. The van der Waals surface area contributed by atoms with Crippen molar-refractivity contribution in [2.24, 2.45) is 0 Å². The zero-order chi connectivity index (χ0) is 18.6. The smallest absolute Gasteiger partial charge is 0.332 e. The largest absolute Gasteiger partial charge is 0.433 e. The molecule has 1 atom stereocenters. The van der Waals surface area contributed by atoms with Crippen LogP contribution in [0.5, 0.6) is 0 Å². The first-order chi connectivity index (χ1) is 12.2. The van der Waals surface area contributed by atoms with Gasteiger partial charge in [-0.25, -0.2) is 4.79 Å². The Morgan fingerprint density at radius 1 is 0.800 bits per heavy atom. The summed E-state index contributed by atoms with van der Waals surface area (Å²) in [5, 5.41) is 0. The Kier molecular flexibility index (Phi) is 18.8. The van der Waals surface area contributed by atoms with E-state index in [2.05, 4.69) is 20.4 Å². The van der Waals surface area contributed by atoms with E-state index in [-0.39, 0.29) is 5.97 Å². The number of esters is 1. The van der Waals surface area contributed by atoms with Gasteiger partial charge in [-0.3, -0.25) is 0 Å². The first-order valence-corrected chi connectivity index (χ1v) is 10.7. The zero-order valence-corrected chi connectivity index (χ0v) is 16.9. The predicted molar refractivity (Wildman–Crippen MR) is 107 cm³/mol. The molecule has 0 rings (SSSR count). The Bertz CT molecular complexity index is 302. The summed E-state index contributed by atoms with van der Waals surface area (Å²) in [5.41, 5.74) is 0. The standard InChI is InChI=1S/C22H42O3/c1-4-7-9-11-13-15-17-19-22(25-21(23)6-3)24-20-18-16-14-12-10-8-5-2/h6,22H,3-5,7-20H2,1-2H3. The van der Waals surface area contributed by atoms with Crippen LogP contribution in [0, 0.1) is 0 Å². The molecule has 0 aliphatic carbocycles. The number of unbranched alkanes of at least 4 members (excludes halogenated alkanes) is 12. The van der Waals surface area contributed by atoms with Crippen molar-refractivity contribution in [2.45, 2.75) is 116 Å². The first kappa shape index (κ1) is 24.2. The van der Waals surface area contributed by atoms with E-state index in [1.54, 1.807) is 0 Å². The summed E-state index contributed by atoms with van der Waals surface area (Å²) in [5.74, 6) is -0.382. The zero-order valence-electron chi connectivity index (χ0n) is 16.9. The molecule has 0 saturated heterocycles. The van der Waals surface area contributed by atoms with Crippen LogP contribution in [0.1, 0.15) is 110 Å². The molecule has 0 saturated carbocycles. The minimum atomic E-state index is -0.402. The summed E-state index contributed by atoms with van der Waals surface area (Å²) in [7, 11) is 0. The van der Waals surface area contributed by atoms with Crippen LogP contribution < -0.4 is 0 Å². The summed E-state index contributed by atoms with van der Waals surface area (Å²) >= 11 is 0. The van der Waals surface area contributed by atoms with Crippen LogP contribution in [-0.4, -0.2) is 18.9 Å². The Labute approximate surface area is 156 Å². The van der Waals surface area contributed by atoms with Crippen LogP contribution in [0.15, 0.2) is 12.7 Å². The van der Waals surface area contributed by atoms with E-state index in [1.165, 1.54) is 83.1 Å². The summed E-state index contributed by atoms with van der Waals surface area (Å²) < 4.78 is 11.1. The highest BCUT2D eigenvalue weighted by Crippen LogP contribution is 2.13. The SMILES string of the molecule is C=CC(=O)OC(CCCCCCCCC)OCCCCCCCCC. The van der Waals surface area contributed by atoms with Gasteiger partial charge < -0.3 is 9.47 Å². The van der Waals surface area contributed by atoms with Crippen molar-refractivity contribution in [3.05, 3.63) is 12.7 Å². The normalized spacial score (nSPS) is 12.1. The predicted octanol–water partition coefficient (Wildman–Crippen LogP) is 6.95. The molecule has 0 bridgehead atoms. The summed E-state index contributed by atoms with van der Waals surface area (Å²) in [6.45, 7) is 8.62. The molecule has 0 aliphatic heterocycles. The van der Waals surface area contributed by atoms with Crippen molar-refractivity contribution in [1.29, 1.82) is 0 Å². The molecule has 25 heavy (non-hydrogen) atoms. The van der Waals surface area contributed by atoms with Crippen LogP contribution >= 0.6 is 0 Å². The average molecular weight is 355 g/mol. The van der Waals surface area contributed by atoms with Crippen molar-refractivity contribution in [3.63, 3.8) is 0 Å². The molecule has 148 valence electrons. The van der Waals surface area contributed by atoms with Crippen molar-refractivity contribution in [2.75, 3.05) is 6.61 Å². The maximum atomic E-state index is 11.4. The third kappa shape index (κ3) is 17.8. The van der Waals surface area contributed by atoms with Crippen LogP contribution in [0.4, 0.5) is 0 Å². The summed E-state index contributed by atoms with van der Waals surface area (Å²) in [4.78, 5) is 11.4. The van der Waals surface area contributed by atoms with E-state index in [4.69, 9.17) is 9.47 Å². The Morgan fingerprint density at radius 2 is 1.28 bits per heavy atom. The van der Waals surface area contributed by atoms with E-state index in [0.29, 0.717) is 6.61 Å². The second kappa shape index (κ2) is 19.5. The van der Waals surface area contributed by atoms with Crippen molar-refractivity contribution >= 4 is 5.97 Å². The van der Waals surface area contributed by atoms with Gasteiger partial charge in [-0.2, -0.15) is 0 Å². The quantitative estimate of drug-likeness (QED) is 0.109. The molecular weight excluding hydrogens is 312 g/mol. The lowest BCUT2D eigenvalue weighted by atomic mass is 10.1. The fraction of sp³-hybridized carbons (Fsp3) is 0.864. The first-order valence-electron chi connectivity index (χ1n) is 10.7. The van der Waals surface area contributed by atoms with Crippen LogP contribution in [-0.2, 0) is 14.3 Å². The maximum Gasteiger partial charge on any atom is 0.332 e. The van der Waals surface area contributed by atoms with Gasteiger partial charge in [0.1, 0.15) is 0 Å². The van der Waals surface area contributed by atoms with Gasteiger partial charge in [-0.1, -0.05) is 97.5 Å². The highest BCUT2D eigenvalue weighted by atomic mass is 16.7. The molecule has 0 radical (unpaired) electrons. The van der Waals surface area contributed by atoms with E-state index in [0.717, 1.165) is 19.3 Å². The third-order valence-electron chi connectivity index (χ3n) is 4.51. The van der Waals surface area contributed by atoms with Crippen molar-refractivity contribution in [3.8, 4) is 0 Å². The van der Waals surface area contributed by atoms with Crippen LogP contribution in [0.25, 0.3) is 0 Å². The third-order valence-corrected chi connectivity index (χ3v) is 4.51. The Balaban J connectivity index is 3.75. The van der Waals surface area contributed by atoms with Crippen molar-refractivity contribution in [1.82, 2.24) is 0 Å². The Hall–Kier alpha value is -0.830. The lowest BCUT2D eigenvalue weighted by molar-refractivity contribution is -0.175. The fourth-order valence-corrected chi connectivity index (χ4v) is 2.90. The minimum Gasteiger partial charge on any atom is -0.433 e. The fourth-order valence-electron chi connectivity index (χ4n) is 2.90. The number of carbonyl (C=O) groups excluding carboxylic acids is 1. The number of carbonyl (C=O) groups is 1. The molecule has 3 nitrogen and oxygen atoms in total. The van der Waals surface area contributed by atoms with E-state index >= 15 is 0 Å². The molecule has 3 heteroatoms. The van der Waals surface area contributed by atoms with E-state index < -0.39 is 6.29 Å². The second-order valence-electron chi connectivity index (χ2n) is 6.97. The highest BCUT2D eigenvalue weighted by molar-refractivity contribution is 5.81. The molecule has 0 heterocycles. The van der Waals surface area contributed by atoms with Crippen molar-refractivity contribution < 1.29 is 14.3 Å². The van der Waals surface area contributed by atoms with E-state index in [9.17, 15) is 4.79 Å². The number of hydrogen-bond donors (Lipinski definition) is 0. The molecule has 0 N–H and O–H groups in total. The second-order valence-corrected chi connectivity index (χ2v) is 6.97. The van der Waals surface area contributed by atoms with Gasteiger partial charge in [-0.15, -0.1) is 0 Å². The average Bonchev–Trinajstić information content (AvgIpc) is 2.62. The summed E-state index contributed by atoms with van der Waals surface area (Å²) in [6.07, 6.45) is 19.2. The molecule has 1 unspecified atom stereocenters. The number of hydrogen-bond acceptors (Lipinski definition) is 3. The van der Waals surface area contributed by atoms with Crippen LogP contribution in [0.2, 0.25) is 0 Å². The molecular formula is C22H42O3. The van der Waals surface area contributed by atoms with E-state index in [1.807, 2.05) is 0 Å². The molecule has 0 aromatic carbocycles. The molecule has 0 aliphatic rings. The van der Waals surface area contributed by atoms with Gasteiger partial charge >= 0.3 is 5.97 Å². The van der Waals surface area contributed by atoms with Gasteiger partial charge in [0, 0.05) is 12.5 Å². The van der Waals surface area contributed by atoms with Crippen LogP contribution in [0.3, 0.4) is 0 Å². The van der Waals surface area contributed by atoms with Gasteiger partial charge in [0.25, 0.3) is 0 Å². The topological polar surface area (TPSA) is 35.5 Å². The van der Waals surface area contributed by atoms with Gasteiger partial charge in [0.2, 0.25) is 6.29 Å². The molecule has 0 fully saturated rings. The van der Waals surface area contributed by atoms with Gasteiger partial charge in [-0.05, 0) is 12.8 Å². The molecule has 0 aromatic rings. The molecule has 0 spiro atoms. The number of rotatable bonds is 19. The lowest BCUT2D eigenvalue weighted by Crippen LogP contribution is -2.21. The minimum absolute atomic E-state index is 0.382. The Morgan fingerprint density at radius 3 is 1.80 bits per heavy atom. The lowest BCUT2D eigenvalue weighted by Gasteiger charge is -2.17. The highest BCUT2D eigenvalue weighted by Gasteiger charge is 2.12.